The van der Waals surface area contributed by atoms with E-state index in [9.17, 15) is 35.5 Å². The van der Waals surface area contributed by atoms with Crippen LogP contribution in [0.5, 0.6) is 0 Å². The molecule has 11 nitrogen and oxygen atoms in total. The molecule has 0 atom stereocenters. The van der Waals surface area contributed by atoms with Crippen molar-refractivity contribution in [1.82, 2.24) is 0 Å². The Bertz CT molecular complexity index is 1650. The molecule has 0 aliphatic heterocycles. The average molecular weight is 517 g/mol. The molecule has 0 aliphatic rings. The lowest BCUT2D eigenvalue weighted by atomic mass is 10.0. The molecule has 35 heavy (non-hydrogen) atoms. The maximum absolute atomic E-state index is 12.9. The molecule has 0 saturated heterocycles. The Labute approximate surface area is 198 Å². The summed E-state index contributed by atoms with van der Waals surface area (Å²) in [6, 6.07) is 12.3. The van der Waals surface area contributed by atoms with Crippen molar-refractivity contribution < 1.29 is 40.3 Å². The molecule has 6 N–H and O–H groups in total. The first kappa shape index (κ1) is 24.1. The quantitative estimate of drug-likeness (QED) is 0.134. The van der Waals surface area contributed by atoms with E-state index < -0.39 is 42.0 Å². The molecule has 13 heteroatoms. The van der Waals surface area contributed by atoms with Crippen LogP contribution in [-0.4, -0.2) is 37.9 Å². The summed E-state index contributed by atoms with van der Waals surface area (Å²) in [6.07, 6.45) is 0. The van der Waals surface area contributed by atoms with Gasteiger partial charge in [0.1, 0.15) is 9.79 Å². The number of anilines is 2. The molecule has 0 aromatic heterocycles. The maximum atomic E-state index is 12.9. The van der Waals surface area contributed by atoms with Crippen LogP contribution in [-0.2, 0) is 25.0 Å². The summed E-state index contributed by atoms with van der Waals surface area (Å²) in [6.45, 7) is 0. The molecule has 4 rings (SSSR count). The normalized spacial score (nSPS) is 12.1. The highest BCUT2D eigenvalue weighted by Crippen LogP contribution is 2.33. The van der Waals surface area contributed by atoms with Gasteiger partial charge >= 0.3 is 11.9 Å². The van der Waals surface area contributed by atoms with Gasteiger partial charge in [0.15, 0.2) is 0 Å². The van der Waals surface area contributed by atoms with Crippen LogP contribution in [0.1, 0.15) is 20.7 Å². The third-order valence-electron chi connectivity index (χ3n) is 5.25. The fourth-order valence-electron chi connectivity index (χ4n) is 3.78. The summed E-state index contributed by atoms with van der Waals surface area (Å²) >= 11 is 0. The molecular formula is C22H16N2O9S2. The fourth-order valence-corrected chi connectivity index (χ4v) is 5.25. The molecular weight excluding hydrogens is 500 g/mol. The summed E-state index contributed by atoms with van der Waals surface area (Å²) in [5.74, 6) is -2.33. The number of ether oxygens (including phenoxy) is 1. The summed E-state index contributed by atoms with van der Waals surface area (Å²) < 4.78 is 71.0. The topological polar surface area (TPSA) is 204 Å². The van der Waals surface area contributed by atoms with E-state index in [2.05, 4.69) is 0 Å². The van der Waals surface area contributed by atoms with Gasteiger partial charge in [-0.25, -0.2) is 9.59 Å². The van der Waals surface area contributed by atoms with Crippen molar-refractivity contribution in [3.63, 3.8) is 0 Å². The predicted molar refractivity (Wildman–Crippen MR) is 126 cm³/mol. The highest BCUT2D eigenvalue weighted by Gasteiger charge is 2.25. The van der Waals surface area contributed by atoms with Crippen LogP contribution < -0.4 is 11.5 Å². The van der Waals surface area contributed by atoms with E-state index in [1.807, 2.05) is 0 Å². The highest BCUT2D eigenvalue weighted by atomic mass is 32.2. The van der Waals surface area contributed by atoms with Crippen LogP contribution in [0.15, 0.2) is 70.5 Å². The second-order valence-electron chi connectivity index (χ2n) is 7.39. The van der Waals surface area contributed by atoms with Gasteiger partial charge in [-0.2, -0.15) is 16.8 Å². The van der Waals surface area contributed by atoms with E-state index in [4.69, 9.17) is 16.2 Å². The average Bonchev–Trinajstić information content (AvgIpc) is 2.77. The fraction of sp³-hybridized carbons (Fsp3) is 0. The first-order valence-electron chi connectivity index (χ1n) is 9.64. The highest BCUT2D eigenvalue weighted by molar-refractivity contribution is 7.86. The SMILES string of the molecule is Nc1ccc(C(=O)OC(=O)c2ccc(N)c3c(S(=O)(=O)O)cccc23)c2cccc(S(=O)(=O)O)c12. The molecule has 0 saturated carbocycles. The lowest BCUT2D eigenvalue weighted by Gasteiger charge is -2.12. The number of carbonyl (C=O) groups excluding carboxylic acids is 2. The second-order valence-corrected chi connectivity index (χ2v) is 10.2. The van der Waals surface area contributed by atoms with Crippen LogP contribution in [0, 0.1) is 0 Å². The largest absolute Gasteiger partial charge is 0.398 e. The van der Waals surface area contributed by atoms with Crippen LogP contribution >= 0.6 is 0 Å². The lowest BCUT2D eigenvalue weighted by molar-refractivity contribution is 0.0400. The Kier molecular flexibility index (Phi) is 5.73. The third kappa shape index (κ3) is 4.28. The van der Waals surface area contributed by atoms with Crippen molar-refractivity contribution in [3.05, 3.63) is 71.8 Å². The lowest BCUT2D eigenvalue weighted by Crippen LogP contribution is -2.15. The van der Waals surface area contributed by atoms with Crippen LogP contribution in [0.3, 0.4) is 0 Å². The molecule has 180 valence electrons. The van der Waals surface area contributed by atoms with Gasteiger partial charge in [0.05, 0.1) is 11.1 Å². The van der Waals surface area contributed by atoms with Gasteiger partial charge in [-0.1, -0.05) is 24.3 Å². The number of rotatable bonds is 4. The van der Waals surface area contributed by atoms with E-state index in [0.29, 0.717) is 0 Å². The summed E-state index contributed by atoms with van der Waals surface area (Å²) in [5.41, 5.74) is 11.2. The second kappa shape index (κ2) is 8.32. The summed E-state index contributed by atoms with van der Waals surface area (Å²) in [5, 5.41) is -0.247. The minimum Gasteiger partial charge on any atom is -0.398 e. The molecule has 0 amide bonds. The number of benzene rings is 4. The zero-order chi connectivity index (χ0) is 25.7. The molecule has 0 fully saturated rings. The van der Waals surface area contributed by atoms with Gasteiger partial charge in [0, 0.05) is 22.1 Å². The number of fused-ring (bicyclic) bond motifs is 2. The van der Waals surface area contributed by atoms with Crippen molar-refractivity contribution in [2.75, 3.05) is 11.5 Å². The monoisotopic (exact) mass is 516 g/mol. The molecule has 0 bridgehead atoms. The molecule has 0 unspecified atom stereocenters. The van der Waals surface area contributed by atoms with E-state index in [0.717, 1.165) is 12.1 Å². The molecule has 0 heterocycles. The number of carbonyl (C=O) groups is 2. The van der Waals surface area contributed by atoms with Crippen molar-refractivity contribution in [3.8, 4) is 0 Å². The smallest absolute Gasteiger partial charge is 0.346 e. The van der Waals surface area contributed by atoms with Crippen LogP contribution in [0.4, 0.5) is 11.4 Å². The Hall–Kier alpha value is -4.04. The Morgan fingerprint density at radius 1 is 0.629 bits per heavy atom. The Balaban J connectivity index is 1.81. The van der Waals surface area contributed by atoms with Crippen molar-refractivity contribution in [2.45, 2.75) is 9.79 Å². The van der Waals surface area contributed by atoms with Gasteiger partial charge in [-0.3, -0.25) is 9.11 Å². The van der Waals surface area contributed by atoms with Crippen LogP contribution in [0.25, 0.3) is 21.5 Å². The van der Waals surface area contributed by atoms with Crippen molar-refractivity contribution in [2.24, 2.45) is 0 Å². The third-order valence-corrected chi connectivity index (χ3v) is 7.04. The maximum Gasteiger partial charge on any atom is 0.346 e. The standard InChI is InChI=1S/C22H16N2O9S2/c23-15-9-7-13(11-3-1-5-17(19(11)15)34(27,28)29)21(25)33-22(26)14-8-10-16(24)20-12(14)4-2-6-18(20)35(30,31)32/h1-10H,23-24H2,(H,27,28,29)(H,30,31,32). The van der Waals surface area contributed by atoms with Gasteiger partial charge in [-0.05, 0) is 47.2 Å². The Morgan fingerprint density at radius 2 is 1.00 bits per heavy atom. The van der Waals surface area contributed by atoms with Crippen molar-refractivity contribution in [1.29, 1.82) is 0 Å². The Morgan fingerprint density at radius 3 is 1.34 bits per heavy atom. The zero-order valence-electron chi connectivity index (χ0n) is 17.5. The molecule has 0 radical (unpaired) electrons. The van der Waals surface area contributed by atoms with Gasteiger partial charge in [0.2, 0.25) is 0 Å². The minimum atomic E-state index is -4.69. The predicted octanol–water partition coefficient (Wildman–Crippen LogP) is 2.65. The van der Waals surface area contributed by atoms with Gasteiger partial charge in [-0.15, -0.1) is 0 Å². The number of hydrogen-bond donors (Lipinski definition) is 4. The van der Waals surface area contributed by atoms with Gasteiger partial charge < -0.3 is 16.2 Å². The zero-order valence-corrected chi connectivity index (χ0v) is 19.1. The van der Waals surface area contributed by atoms with Crippen LogP contribution in [0.2, 0.25) is 0 Å². The van der Waals surface area contributed by atoms with Gasteiger partial charge in [0.25, 0.3) is 20.2 Å². The van der Waals surface area contributed by atoms with E-state index in [1.165, 1.54) is 48.5 Å². The first-order valence-corrected chi connectivity index (χ1v) is 12.5. The van der Waals surface area contributed by atoms with Crippen molar-refractivity contribution >= 4 is 65.1 Å². The van der Waals surface area contributed by atoms with E-state index in [1.54, 1.807) is 0 Å². The number of nitrogen functional groups attached to an aromatic ring is 2. The molecule has 0 spiro atoms. The van der Waals surface area contributed by atoms with E-state index >= 15 is 0 Å². The number of hydrogen-bond acceptors (Lipinski definition) is 9. The minimum absolute atomic E-state index is 0.00810. The number of nitrogens with two attached hydrogens (primary N) is 2. The number of esters is 2. The molecule has 0 aliphatic carbocycles. The summed E-state index contributed by atoms with van der Waals surface area (Å²) in [4.78, 5) is 24.7. The molecule has 4 aromatic carbocycles. The first-order chi connectivity index (χ1) is 16.3. The molecule has 4 aromatic rings. The summed E-state index contributed by atoms with van der Waals surface area (Å²) in [7, 11) is -9.37. The van der Waals surface area contributed by atoms with E-state index in [-0.39, 0.29) is 44.0 Å².